The summed E-state index contributed by atoms with van der Waals surface area (Å²) in [5.41, 5.74) is 4.33. The first-order valence-electron chi connectivity index (χ1n) is 13.3. The molecule has 0 saturated heterocycles. The van der Waals surface area contributed by atoms with Crippen LogP contribution in [0.15, 0.2) is 66.7 Å². The number of carbonyl (C=O) groups excluding carboxylic acids is 2. The largest absolute Gasteiger partial charge is 0.362 e. The third kappa shape index (κ3) is 4.38. The minimum absolute atomic E-state index is 0.0683. The van der Waals surface area contributed by atoms with Crippen molar-refractivity contribution in [2.45, 2.75) is 31.7 Å². The van der Waals surface area contributed by atoms with E-state index >= 15 is 0 Å². The smallest absolute Gasteiger partial charge is 0.252 e. The molecule has 1 amide bonds. The summed E-state index contributed by atoms with van der Waals surface area (Å²) in [5.74, 6) is 1.72. The number of nitrogens with one attached hydrogen (secondary N) is 2. The van der Waals surface area contributed by atoms with Gasteiger partial charge in [0.05, 0.1) is 11.1 Å². The molecule has 0 unspecified atom stereocenters. The van der Waals surface area contributed by atoms with Crippen molar-refractivity contribution in [3.63, 3.8) is 0 Å². The Bertz CT molecular complexity index is 1540. The van der Waals surface area contributed by atoms with Crippen LogP contribution in [-0.4, -0.2) is 48.3 Å². The summed E-state index contributed by atoms with van der Waals surface area (Å²) in [5, 5.41) is 7.70. The minimum Gasteiger partial charge on any atom is -0.362 e. The molecule has 2 aliphatic carbocycles. The number of hydrogen-bond acceptors (Lipinski definition) is 6. The maximum atomic E-state index is 13.1. The molecule has 4 aromatic rings. The van der Waals surface area contributed by atoms with E-state index in [0.29, 0.717) is 41.1 Å². The molecule has 1 saturated carbocycles. The Hall–Kier alpha value is -4.26. The maximum absolute atomic E-state index is 13.1. The molecule has 0 aliphatic heterocycles. The summed E-state index contributed by atoms with van der Waals surface area (Å²) in [6, 6.07) is 21.5. The molecule has 7 heteroatoms. The number of para-hydroxylation sites is 1. The number of aromatic nitrogens is 2. The third-order valence-electron chi connectivity index (χ3n) is 7.74. The Morgan fingerprint density at radius 1 is 0.868 bits per heavy atom. The Morgan fingerprint density at radius 2 is 1.58 bits per heavy atom. The van der Waals surface area contributed by atoms with Crippen LogP contribution in [0.1, 0.15) is 52.0 Å². The van der Waals surface area contributed by atoms with E-state index in [2.05, 4.69) is 10.6 Å². The van der Waals surface area contributed by atoms with Gasteiger partial charge in [-0.1, -0.05) is 48.5 Å². The predicted molar refractivity (Wildman–Crippen MR) is 151 cm³/mol. The summed E-state index contributed by atoms with van der Waals surface area (Å²) in [6.45, 7) is 0.605. The number of anilines is 2. The van der Waals surface area contributed by atoms with Gasteiger partial charge in [0.25, 0.3) is 5.91 Å². The lowest BCUT2D eigenvalue weighted by molar-refractivity contribution is 0.0933. The van der Waals surface area contributed by atoms with Crippen molar-refractivity contribution in [3.8, 4) is 11.1 Å². The zero-order chi connectivity index (χ0) is 26.2. The van der Waals surface area contributed by atoms with Crippen molar-refractivity contribution in [2.75, 3.05) is 30.9 Å². The Balaban J connectivity index is 1.07. The molecule has 192 valence electrons. The molecular weight excluding hydrogens is 474 g/mol. The molecule has 2 aliphatic rings. The molecule has 3 aromatic carbocycles. The van der Waals surface area contributed by atoms with Crippen molar-refractivity contribution in [1.29, 1.82) is 0 Å². The number of carbonyl (C=O) groups is 2. The first-order chi connectivity index (χ1) is 18.5. The van der Waals surface area contributed by atoms with Crippen LogP contribution in [0.2, 0.25) is 0 Å². The molecule has 0 atom stereocenters. The second kappa shape index (κ2) is 9.89. The minimum atomic E-state index is -0.177. The van der Waals surface area contributed by atoms with Gasteiger partial charge in [0.2, 0.25) is 5.95 Å². The van der Waals surface area contributed by atoms with Crippen LogP contribution in [0.25, 0.3) is 22.0 Å². The fraction of sp³-hybridized carbons (Fsp3) is 0.290. The van der Waals surface area contributed by atoms with Crippen LogP contribution in [0, 0.1) is 5.92 Å². The Kier molecular flexibility index (Phi) is 6.27. The summed E-state index contributed by atoms with van der Waals surface area (Å²) < 4.78 is 0. The lowest BCUT2D eigenvalue weighted by Crippen LogP contribution is -2.34. The van der Waals surface area contributed by atoms with Gasteiger partial charge < -0.3 is 15.5 Å². The van der Waals surface area contributed by atoms with E-state index in [9.17, 15) is 9.59 Å². The number of ketones is 1. The quantitative estimate of drug-likeness (QED) is 0.325. The molecule has 0 bridgehead atoms. The summed E-state index contributed by atoms with van der Waals surface area (Å²) >= 11 is 0. The fourth-order valence-corrected chi connectivity index (χ4v) is 5.75. The van der Waals surface area contributed by atoms with Crippen molar-refractivity contribution < 1.29 is 9.59 Å². The van der Waals surface area contributed by atoms with Gasteiger partial charge in [0.1, 0.15) is 5.82 Å². The van der Waals surface area contributed by atoms with Gasteiger partial charge in [-0.15, -0.1) is 0 Å². The standard InChI is InChI=1S/C31H31N5O2/c1-36(2)29-24-10-5-6-13-26(24)34-31(35-29)33-20-16-14-19(15-17-20)18-32-30(38)25-12-7-11-22-21-8-3-4-9-23(21)28(37)27(22)25/h3-13,19-20H,14-18H2,1-2H3,(H,32,38)(H,33,34,35)/t19-,20+. The van der Waals surface area contributed by atoms with E-state index in [1.165, 1.54) is 0 Å². The van der Waals surface area contributed by atoms with E-state index in [1.54, 1.807) is 6.07 Å². The van der Waals surface area contributed by atoms with E-state index < -0.39 is 0 Å². The lowest BCUT2D eigenvalue weighted by Gasteiger charge is -2.29. The van der Waals surface area contributed by atoms with Crippen molar-refractivity contribution >= 4 is 34.4 Å². The van der Waals surface area contributed by atoms with E-state index in [1.807, 2.05) is 79.7 Å². The van der Waals surface area contributed by atoms with Crippen molar-refractivity contribution in [2.24, 2.45) is 5.92 Å². The first-order valence-corrected chi connectivity index (χ1v) is 13.3. The Labute approximate surface area is 222 Å². The van der Waals surface area contributed by atoms with Gasteiger partial charge in [-0.3, -0.25) is 9.59 Å². The van der Waals surface area contributed by atoms with Crippen LogP contribution in [-0.2, 0) is 0 Å². The molecule has 6 rings (SSSR count). The monoisotopic (exact) mass is 505 g/mol. The van der Waals surface area contributed by atoms with Crippen LogP contribution in [0.4, 0.5) is 11.8 Å². The van der Waals surface area contributed by atoms with Crippen LogP contribution in [0.5, 0.6) is 0 Å². The fourth-order valence-electron chi connectivity index (χ4n) is 5.75. The highest BCUT2D eigenvalue weighted by atomic mass is 16.2. The van der Waals surface area contributed by atoms with Crippen LogP contribution < -0.4 is 15.5 Å². The van der Waals surface area contributed by atoms with Crippen LogP contribution in [0.3, 0.4) is 0 Å². The van der Waals surface area contributed by atoms with Gasteiger partial charge in [0.15, 0.2) is 5.78 Å². The molecule has 0 spiro atoms. The number of fused-ring (bicyclic) bond motifs is 4. The molecule has 0 radical (unpaired) electrons. The average molecular weight is 506 g/mol. The van der Waals surface area contributed by atoms with E-state index in [0.717, 1.165) is 53.5 Å². The maximum Gasteiger partial charge on any atom is 0.252 e. The third-order valence-corrected chi connectivity index (χ3v) is 7.74. The summed E-state index contributed by atoms with van der Waals surface area (Å²) in [4.78, 5) is 37.7. The molecule has 2 N–H and O–H groups in total. The highest BCUT2D eigenvalue weighted by molar-refractivity contribution is 6.25. The second-order valence-electron chi connectivity index (χ2n) is 10.5. The average Bonchev–Trinajstić information content (AvgIpc) is 3.24. The van der Waals surface area contributed by atoms with Gasteiger partial charge >= 0.3 is 0 Å². The Morgan fingerprint density at radius 3 is 2.37 bits per heavy atom. The highest BCUT2D eigenvalue weighted by Crippen LogP contribution is 2.38. The number of nitrogens with zero attached hydrogens (tertiary/aromatic N) is 3. The molecule has 1 heterocycles. The lowest BCUT2D eigenvalue weighted by atomic mass is 9.86. The molecule has 1 aromatic heterocycles. The molecule has 7 nitrogen and oxygen atoms in total. The topological polar surface area (TPSA) is 87.2 Å². The van der Waals surface area contributed by atoms with E-state index in [-0.39, 0.29) is 11.7 Å². The zero-order valence-corrected chi connectivity index (χ0v) is 21.7. The number of amides is 1. The predicted octanol–water partition coefficient (Wildman–Crippen LogP) is 5.31. The van der Waals surface area contributed by atoms with Gasteiger partial charge in [0, 0.05) is 43.2 Å². The molecular formula is C31H31N5O2. The number of hydrogen-bond donors (Lipinski definition) is 2. The highest BCUT2D eigenvalue weighted by Gasteiger charge is 2.31. The second-order valence-corrected chi connectivity index (χ2v) is 10.5. The molecule has 1 fully saturated rings. The summed E-state index contributed by atoms with van der Waals surface area (Å²) in [6.07, 6.45) is 3.98. The normalized spacial score (nSPS) is 18.1. The zero-order valence-electron chi connectivity index (χ0n) is 21.7. The molecule has 38 heavy (non-hydrogen) atoms. The van der Waals surface area contributed by atoms with E-state index in [4.69, 9.17) is 9.97 Å². The number of benzene rings is 3. The van der Waals surface area contributed by atoms with Crippen molar-refractivity contribution in [3.05, 3.63) is 83.4 Å². The van der Waals surface area contributed by atoms with Crippen molar-refractivity contribution in [1.82, 2.24) is 15.3 Å². The van der Waals surface area contributed by atoms with Gasteiger partial charge in [-0.2, -0.15) is 4.98 Å². The summed E-state index contributed by atoms with van der Waals surface area (Å²) in [7, 11) is 3.99. The first kappa shape index (κ1) is 24.1. The SMILES string of the molecule is CN(C)c1nc(N[C@H]2CC[C@@H](CNC(=O)c3cccc4c3C(=O)c3ccccc3-4)CC2)nc2ccccc12. The number of rotatable bonds is 6. The van der Waals surface area contributed by atoms with Crippen LogP contribution >= 0.6 is 0 Å². The van der Waals surface area contributed by atoms with Gasteiger partial charge in [-0.25, -0.2) is 4.98 Å². The van der Waals surface area contributed by atoms with Gasteiger partial charge in [-0.05, 0) is 60.9 Å².